The van der Waals surface area contributed by atoms with Crippen LogP contribution in [0, 0.1) is 5.92 Å². The first-order valence-corrected chi connectivity index (χ1v) is 7.56. The fraction of sp³-hybridized carbons (Fsp3) is 0.929. The molecule has 2 N–H and O–H groups in total. The van der Waals surface area contributed by atoms with Crippen LogP contribution in [0.5, 0.6) is 0 Å². The van der Waals surface area contributed by atoms with Crippen molar-refractivity contribution >= 4 is 5.91 Å². The number of hydrogen-bond acceptors (Lipinski definition) is 4. The predicted molar refractivity (Wildman–Crippen MR) is 74.9 cm³/mol. The van der Waals surface area contributed by atoms with Crippen LogP contribution in [0.15, 0.2) is 0 Å². The Bertz CT molecular complexity index is 290. The van der Waals surface area contributed by atoms with Gasteiger partial charge in [0.1, 0.15) is 0 Å². The molecule has 0 radical (unpaired) electrons. The van der Waals surface area contributed by atoms with E-state index < -0.39 is 0 Å². The van der Waals surface area contributed by atoms with Crippen molar-refractivity contribution in [2.75, 3.05) is 45.9 Å². The summed E-state index contributed by atoms with van der Waals surface area (Å²) in [6.45, 7) is 7.75. The van der Waals surface area contributed by atoms with Crippen LogP contribution in [0.2, 0.25) is 0 Å². The summed E-state index contributed by atoms with van der Waals surface area (Å²) in [5.74, 6) is 0.822. The Morgan fingerprint density at radius 3 is 2.79 bits per heavy atom. The minimum absolute atomic E-state index is 0.0143. The first-order chi connectivity index (χ1) is 9.22. The van der Waals surface area contributed by atoms with Crippen LogP contribution < -0.4 is 5.32 Å². The van der Waals surface area contributed by atoms with Gasteiger partial charge in [-0.1, -0.05) is 0 Å². The van der Waals surface area contributed by atoms with Gasteiger partial charge in [0.05, 0.1) is 6.04 Å². The number of piperazine rings is 1. The second-order valence-corrected chi connectivity index (χ2v) is 5.77. The van der Waals surface area contributed by atoms with Gasteiger partial charge < -0.3 is 15.3 Å². The average Bonchev–Trinajstić information content (AvgIpc) is 2.47. The van der Waals surface area contributed by atoms with Crippen molar-refractivity contribution in [1.29, 1.82) is 0 Å². The number of nitrogens with one attached hydrogen (secondary N) is 1. The van der Waals surface area contributed by atoms with Gasteiger partial charge in [-0.25, -0.2) is 0 Å². The van der Waals surface area contributed by atoms with Gasteiger partial charge in [-0.15, -0.1) is 0 Å². The molecule has 0 aromatic heterocycles. The maximum Gasteiger partial charge on any atom is 0.239 e. The lowest BCUT2D eigenvalue weighted by Crippen LogP contribution is -2.54. The van der Waals surface area contributed by atoms with E-state index >= 15 is 0 Å². The summed E-state index contributed by atoms with van der Waals surface area (Å²) in [5, 5.41) is 12.3. The molecule has 0 spiro atoms. The summed E-state index contributed by atoms with van der Waals surface area (Å²) in [4.78, 5) is 16.8. The van der Waals surface area contributed by atoms with Gasteiger partial charge in [0.15, 0.2) is 0 Å². The molecule has 5 nitrogen and oxygen atoms in total. The van der Waals surface area contributed by atoms with Gasteiger partial charge in [-0.05, 0) is 38.6 Å². The van der Waals surface area contributed by atoms with E-state index in [2.05, 4.69) is 10.2 Å². The van der Waals surface area contributed by atoms with Crippen LogP contribution in [0.1, 0.15) is 26.2 Å². The van der Waals surface area contributed by atoms with Crippen molar-refractivity contribution in [3.8, 4) is 0 Å². The van der Waals surface area contributed by atoms with Crippen LogP contribution in [0.3, 0.4) is 0 Å². The van der Waals surface area contributed by atoms with Crippen LogP contribution in [-0.2, 0) is 4.79 Å². The van der Waals surface area contributed by atoms with Gasteiger partial charge in [0.25, 0.3) is 0 Å². The van der Waals surface area contributed by atoms with E-state index in [-0.39, 0.29) is 18.6 Å². The smallest absolute Gasteiger partial charge is 0.239 e. The molecule has 2 aliphatic rings. The fourth-order valence-electron chi connectivity index (χ4n) is 3.17. The van der Waals surface area contributed by atoms with Crippen LogP contribution in [-0.4, -0.2) is 72.7 Å². The third kappa shape index (κ3) is 3.91. The van der Waals surface area contributed by atoms with Crippen molar-refractivity contribution < 1.29 is 9.90 Å². The standard InChI is InChI=1S/C14H27N3O2/c1-12(14(19)16-8-5-15-6-9-16)17-7-2-3-13(11-17)4-10-18/h12-13,15,18H,2-11H2,1H3. The zero-order valence-electron chi connectivity index (χ0n) is 12.0. The largest absolute Gasteiger partial charge is 0.396 e. The van der Waals surface area contributed by atoms with E-state index in [4.69, 9.17) is 5.11 Å². The predicted octanol–water partition coefficient (Wildman–Crippen LogP) is -0.0989. The van der Waals surface area contributed by atoms with E-state index in [9.17, 15) is 4.79 Å². The number of aliphatic hydroxyl groups is 1. The van der Waals surface area contributed by atoms with E-state index in [1.165, 1.54) is 6.42 Å². The molecule has 19 heavy (non-hydrogen) atoms. The molecular formula is C14H27N3O2. The number of piperidine rings is 1. The number of likely N-dealkylation sites (tertiary alicyclic amines) is 1. The molecule has 1 amide bonds. The molecule has 2 rings (SSSR count). The minimum atomic E-state index is -0.0143. The summed E-state index contributed by atoms with van der Waals surface area (Å²) >= 11 is 0. The molecule has 0 aromatic carbocycles. The number of hydrogen-bond donors (Lipinski definition) is 2. The lowest BCUT2D eigenvalue weighted by Gasteiger charge is -2.39. The molecule has 2 saturated heterocycles. The Morgan fingerprint density at radius 2 is 2.11 bits per heavy atom. The highest BCUT2D eigenvalue weighted by Crippen LogP contribution is 2.21. The van der Waals surface area contributed by atoms with Crippen LogP contribution in [0.4, 0.5) is 0 Å². The first-order valence-electron chi connectivity index (χ1n) is 7.56. The minimum Gasteiger partial charge on any atom is -0.396 e. The maximum atomic E-state index is 12.5. The SMILES string of the molecule is CC(C(=O)N1CCNCC1)N1CCCC(CCO)C1. The van der Waals surface area contributed by atoms with Gasteiger partial charge in [0.2, 0.25) is 5.91 Å². The number of amides is 1. The summed E-state index contributed by atoms with van der Waals surface area (Å²) in [5.41, 5.74) is 0. The van der Waals surface area contributed by atoms with Crippen LogP contribution in [0.25, 0.3) is 0 Å². The van der Waals surface area contributed by atoms with Gasteiger partial charge >= 0.3 is 0 Å². The highest BCUT2D eigenvalue weighted by atomic mass is 16.3. The monoisotopic (exact) mass is 269 g/mol. The van der Waals surface area contributed by atoms with Crippen LogP contribution >= 0.6 is 0 Å². The molecule has 2 fully saturated rings. The van der Waals surface area contributed by atoms with Gasteiger partial charge in [0, 0.05) is 39.3 Å². The Morgan fingerprint density at radius 1 is 1.37 bits per heavy atom. The maximum absolute atomic E-state index is 12.5. The molecule has 0 aliphatic carbocycles. The molecule has 2 heterocycles. The number of carbonyl (C=O) groups is 1. The Balaban J connectivity index is 1.86. The van der Waals surface area contributed by atoms with Gasteiger partial charge in [-0.2, -0.15) is 0 Å². The van der Waals surface area contributed by atoms with Crippen molar-refractivity contribution in [2.45, 2.75) is 32.2 Å². The molecular weight excluding hydrogens is 242 g/mol. The third-order valence-corrected chi connectivity index (χ3v) is 4.42. The topological polar surface area (TPSA) is 55.8 Å². The van der Waals surface area contributed by atoms with E-state index in [1.54, 1.807) is 0 Å². The highest BCUT2D eigenvalue weighted by molar-refractivity contribution is 5.81. The second kappa shape index (κ2) is 7.22. The summed E-state index contributed by atoms with van der Waals surface area (Å²) in [6, 6.07) is -0.0143. The van der Waals surface area contributed by atoms with E-state index in [1.807, 2.05) is 11.8 Å². The summed E-state index contributed by atoms with van der Waals surface area (Å²) in [6.07, 6.45) is 3.19. The Hall–Kier alpha value is -0.650. The molecule has 0 saturated carbocycles. The zero-order chi connectivity index (χ0) is 13.7. The molecule has 2 atom stereocenters. The number of rotatable bonds is 4. The molecule has 0 bridgehead atoms. The first kappa shape index (κ1) is 14.8. The Kier molecular flexibility index (Phi) is 5.60. The normalized spacial score (nSPS) is 27.3. The van der Waals surface area contributed by atoms with Gasteiger partial charge in [-0.3, -0.25) is 9.69 Å². The van der Waals surface area contributed by atoms with Crippen molar-refractivity contribution in [3.63, 3.8) is 0 Å². The fourth-order valence-corrected chi connectivity index (χ4v) is 3.17. The summed E-state index contributed by atoms with van der Waals surface area (Å²) < 4.78 is 0. The van der Waals surface area contributed by atoms with Crippen molar-refractivity contribution in [3.05, 3.63) is 0 Å². The lowest BCUT2D eigenvalue weighted by atomic mass is 9.94. The van der Waals surface area contributed by atoms with Crippen molar-refractivity contribution in [2.24, 2.45) is 5.92 Å². The second-order valence-electron chi connectivity index (χ2n) is 5.77. The molecule has 2 unspecified atom stereocenters. The highest BCUT2D eigenvalue weighted by Gasteiger charge is 2.30. The quantitative estimate of drug-likeness (QED) is 0.748. The molecule has 2 aliphatic heterocycles. The number of carbonyl (C=O) groups excluding carboxylic acids is 1. The molecule has 110 valence electrons. The average molecular weight is 269 g/mol. The zero-order valence-corrected chi connectivity index (χ0v) is 12.0. The number of nitrogens with zero attached hydrogens (tertiary/aromatic N) is 2. The Labute approximate surface area is 115 Å². The molecule has 5 heteroatoms. The third-order valence-electron chi connectivity index (χ3n) is 4.42. The molecule has 0 aromatic rings. The summed E-state index contributed by atoms with van der Waals surface area (Å²) in [7, 11) is 0. The number of aliphatic hydroxyl groups excluding tert-OH is 1. The van der Waals surface area contributed by atoms with E-state index in [0.29, 0.717) is 5.92 Å². The van der Waals surface area contributed by atoms with Crippen molar-refractivity contribution in [1.82, 2.24) is 15.1 Å². The van der Waals surface area contributed by atoms with E-state index in [0.717, 1.165) is 52.1 Å². The lowest BCUT2D eigenvalue weighted by molar-refractivity contribution is -0.137.